The summed E-state index contributed by atoms with van der Waals surface area (Å²) in [7, 11) is 0. The molecule has 0 aliphatic heterocycles. The van der Waals surface area contributed by atoms with Crippen molar-refractivity contribution in [2.24, 2.45) is 0 Å². The van der Waals surface area contributed by atoms with Crippen LogP contribution < -0.4 is 5.32 Å². The van der Waals surface area contributed by atoms with Crippen molar-refractivity contribution in [3.8, 4) is 0 Å². The Labute approximate surface area is 166 Å². The van der Waals surface area contributed by atoms with Crippen LogP contribution in [0, 0.1) is 13.8 Å². The molecule has 2 aromatic carbocycles. The molecule has 0 atom stereocenters. The molecule has 0 fully saturated rings. The van der Waals surface area contributed by atoms with Gasteiger partial charge < -0.3 is 9.88 Å². The standard InChI is InChI=1S/C24H26N4/c1-4-22-27-23-17(2)13-18(3)26-24(23)28(22)16-20-10-8-9-19(14-20)15-25-21-11-6-5-7-12-21/h5-14,25H,4,15-16H2,1-3H3. The first-order chi connectivity index (χ1) is 13.6. The van der Waals surface area contributed by atoms with E-state index < -0.39 is 0 Å². The topological polar surface area (TPSA) is 42.7 Å². The van der Waals surface area contributed by atoms with E-state index in [-0.39, 0.29) is 0 Å². The molecule has 4 rings (SSSR count). The molecule has 2 aromatic heterocycles. The van der Waals surface area contributed by atoms with Gasteiger partial charge in [0.25, 0.3) is 0 Å². The van der Waals surface area contributed by atoms with E-state index in [0.717, 1.165) is 47.9 Å². The predicted octanol–water partition coefficient (Wildman–Crippen LogP) is 5.27. The Morgan fingerprint density at radius 1 is 0.893 bits per heavy atom. The second kappa shape index (κ2) is 7.85. The maximum absolute atomic E-state index is 4.85. The Morgan fingerprint density at radius 3 is 2.46 bits per heavy atom. The summed E-state index contributed by atoms with van der Waals surface area (Å²) in [5, 5.41) is 3.48. The minimum absolute atomic E-state index is 0.786. The lowest BCUT2D eigenvalue weighted by atomic mass is 10.1. The van der Waals surface area contributed by atoms with Crippen molar-refractivity contribution in [2.45, 2.75) is 40.3 Å². The number of nitrogens with zero attached hydrogens (tertiary/aromatic N) is 3. The zero-order valence-corrected chi connectivity index (χ0v) is 16.7. The fourth-order valence-corrected chi connectivity index (χ4v) is 3.67. The lowest BCUT2D eigenvalue weighted by Crippen LogP contribution is -2.07. The largest absolute Gasteiger partial charge is 0.381 e. The lowest BCUT2D eigenvalue weighted by molar-refractivity contribution is 0.744. The Morgan fingerprint density at radius 2 is 1.68 bits per heavy atom. The molecule has 1 N–H and O–H groups in total. The first-order valence-electron chi connectivity index (χ1n) is 9.84. The van der Waals surface area contributed by atoms with E-state index in [1.165, 1.54) is 16.7 Å². The van der Waals surface area contributed by atoms with Crippen LogP contribution in [0.3, 0.4) is 0 Å². The van der Waals surface area contributed by atoms with Crippen molar-refractivity contribution in [2.75, 3.05) is 5.32 Å². The first-order valence-corrected chi connectivity index (χ1v) is 9.84. The number of para-hydroxylation sites is 1. The third kappa shape index (κ3) is 3.77. The van der Waals surface area contributed by atoms with Crippen LogP contribution in [0.1, 0.15) is 35.1 Å². The minimum Gasteiger partial charge on any atom is -0.381 e. The molecule has 2 heterocycles. The zero-order chi connectivity index (χ0) is 19.5. The molecule has 0 saturated heterocycles. The fraction of sp³-hybridized carbons (Fsp3) is 0.250. The van der Waals surface area contributed by atoms with Crippen LogP contribution in [0.5, 0.6) is 0 Å². The number of rotatable bonds is 6. The molecule has 0 radical (unpaired) electrons. The van der Waals surface area contributed by atoms with Gasteiger partial charge >= 0.3 is 0 Å². The molecule has 0 bridgehead atoms. The van der Waals surface area contributed by atoms with Crippen molar-refractivity contribution < 1.29 is 0 Å². The third-order valence-corrected chi connectivity index (χ3v) is 5.02. The number of anilines is 1. The van der Waals surface area contributed by atoms with Gasteiger partial charge in [0.15, 0.2) is 5.65 Å². The molecule has 0 aliphatic rings. The Kier molecular flexibility index (Phi) is 5.11. The van der Waals surface area contributed by atoms with Gasteiger partial charge in [-0.1, -0.05) is 49.4 Å². The SMILES string of the molecule is CCc1nc2c(C)cc(C)nc2n1Cc1cccc(CNc2ccccc2)c1. The average molecular weight is 371 g/mol. The van der Waals surface area contributed by atoms with Crippen LogP contribution in [0.15, 0.2) is 60.7 Å². The van der Waals surface area contributed by atoms with Gasteiger partial charge in [0.05, 0.1) is 6.54 Å². The highest BCUT2D eigenvalue weighted by molar-refractivity contribution is 5.76. The van der Waals surface area contributed by atoms with Crippen LogP contribution >= 0.6 is 0 Å². The summed E-state index contributed by atoms with van der Waals surface area (Å²) in [5.41, 5.74) is 7.90. The van der Waals surface area contributed by atoms with Gasteiger partial charge in [0, 0.05) is 24.3 Å². The van der Waals surface area contributed by atoms with Crippen molar-refractivity contribution >= 4 is 16.9 Å². The predicted molar refractivity (Wildman–Crippen MR) is 116 cm³/mol. The van der Waals surface area contributed by atoms with Gasteiger partial charge in [0.1, 0.15) is 11.3 Å². The first kappa shape index (κ1) is 18.2. The Balaban J connectivity index is 1.61. The van der Waals surface area contributed by atoms with Gasteiger partial charge in [-0.2, -0.15) is 0 Å². The number of nitrogens with one attached hydrogen (secondary N) is 1. The van der Waals surface area contributed by atoms with Crippen molar-refractivity contribution in [3.63, 3.8) is 0 Å². The number of aryl methyl sites for hydroxylation is 3. The zero-order valence-electron chi connectivity index (χ0n) is 16.7. The minimum atomic E-state index is 0.786. The smallest absolute Gasteiger partial charge is 0.160 e. The van der Waals surface area contributed by atoms with Crippen LogP contribution in [-0.4, -0.2) is 14.5 Å². The number of fused-ring (bicyclic) bond motifs is 1. The Bertz CT molecular complexity index is 1100. The molecular formula is C24H26N4. The molecule has 28 heavy (non-hydrogen) atoms. The van der Waals surface area contributed by atoms with E-state index in [0.29, 0.717) is 0 Å². The van der Waals surface area contributed by atoms with Gasteiger partial charge in [0.2, 0.25) is 0 Å². The number of hydrogen-bond acceptors (Lipinski definition) is 3. The Hall–Kier alpha value is -3.14. The molecule has 0 unspecified atom stereocenters. The average Bonchev–Trinajstić information content (AvgIpc) is 3.05. The molecule has 0 saturated carbocycles. The lowest BCUT2D eigenvalue weighted by Gasteiger charge is -2.11. The summed E-state index contributed by atoms with van der Waals surface area (Å²) in [6.07, 6.45) is 0.893. The summed E-state index contributed by atoms with van der Waals surface area (Å²) in [6.45, 7) is 7.91. The summed E-state index contributed by atoms with van der Waals surface area (Å²) < 4.78 is 2.26. The molecular weight excluding hydrogens is 344 g/mol. The number of imidazole rings is 1. The second-order valence-electron chi connectivity index (χ2n) is 7.26. The number of benzene rings is 2. The van der Waals surface area contributed by atoms with E-state index in [4.69, 9.17) is 9.97 Å². The highest BCUT2D eigenvalue weighted by Gasteiger charge is 2.13. The van der Waals surface area contributed by atoms with E-state index in [1.807, 2.05) is 25.1 Å². The summed E-state index contributed by atoms with van der Waals surface area (Å²) in [4.78, 5) is 9.64. The van der Waals surface area contributed by atoms with Crippen LogP contribution in [-0.2, 0) is 19.5 Å². The highest BCUT2D eigenvalue weighted by Crippen LogP contribution is 2.21. The van der Waals surface area contributed by atoms with E-state index >= 15 is 0 Å². The molecule has 0 aliphatic carbocycles. The van der Waals surface area contributed by atoms with E-state index in [9.17, 15) is 0 Å². The number of pyridine rings is 1. The highest BCUT2D eigenvalue weighted by atomic mass is 15.1. The van der Waals surface area contributed by atoms with Crippen LogP contribution in [0.4, 0.5) is 5.69 Å². The van der Waals surface area contributed by atoms with E-state index in [2.05, 4.69) is 66.2 Å². The van der Waals surface area contributed by atoms with Gasteiger partial charge in [-0.15, -0.1) is 0 Å². The van der Waals surface area contributed by atoms with Crippen molar-refractivity contribution in [1.29, 1.82) is 0 Å². The summed E-state index contributed by atoms with van der Waals surface area (Å²) in [5.74, 6) is 1.09. The van der Waals surface area contributed by atoms with Gasteiger partial charge in [-0.25, -0.2) is 9.97 Å². The van der Waals surface area contributed by atoms with Gasteiger partial charge in [-0.3, -0.25) is 0 Å². The maximum Gasteiger partial charge on any atom is 0.160 e. The quantitative estimate of drug-likeness (QED) is 0.503. The van der Waals surface area contributed by atoms with Crippen molar-refractivity contribution in [1.82, 2.24) is 14.5 Å². The molecule has 0 amide bonds. The summed E-state index contributed by atoms with van der Waals surface area (Å²) in [6, 6.07) is 21.2. The van der Waals surface area contributed by atoms with Crippen molar-refractivity contribution in [3.05, 3.63) is 88.9 Å². The van der Waals surface area contributed by atoms with Crippen LogP contribution in [0.25, 0.3) is 11.2 Å². The fourth-order valence-electron chi connectivity index (χ4n) is 3.67. The molecule has 142 valence electrons. The van der Waals surface area contributed by atoms with Crippen LogP contribution in [0.2, 0.25) is 0 Å². The monoisotopic (exact) mass is 370 g/mol. The van der Waals surface area contributed by atoms with E-state index in [1.54, 1.807) is 0 Å². The van der Waals surface area contributed by atoms with Gasteiger partial charge in [-0.05, 0) is 48.7 Å². The number of aromatic nitrogens is 3. The normalized spacial score (nSPS) is 11.1. The summed E-state index contributed by atoms with van der Waals surface area (Å²) >= 11 is 0. The number of hydrogen-bond donors (Lipinski definition) is 1. The third-order valence-electron chi connectivity index (χ3n) is 5.02. The molecule has 4 aromatic rings. The maximum atomic E-state index is 4.85. The molecule has 4 heteroatoms. The second-order valence-corrected chi connectivity index (χ2v) is 7.26. The molecule has 4 nitrogen and oxygen atoms in total. The molecule has 0 spiro atoms.